The van der Waals surface area contributed by atoms with Crippen molar-refractivity contribution in [3.63, 3.8) is 0 Å². The first-order chi connectivity index (χ1) is 12.8. The van der Waals surface area contributed by atoms with Crippen molar-refractivity contribution in [1.82, 2.24) is 4.90 Å². The zero-order valence-corrected chi connectivity index (χ0v) is 16.2. The lowest BCUT2D eigenvalue weighted by molar-refractivity contribution is -0.128. The van der Waals surface area contributed by atoms with Gasteiger partial charge in [0.2, 0.25) is 5.91 Å². The minimum Gasteiger partial charge on any atom is -0.368 e. The topological polar surface area (TPSA) is 57.7 Å². The zero-order valence-electron chi connectivity index (χ0n) is 14.6. The molecule has 0 radical (unpaired) electrons. The predicted octanol–water partition coefficient (Wildman–Crippen LogP) is 2.74. The molecule has 2 aromatic rings. The van der Waals surface area contributed by atoms with Crippen LogP contribution in [0.2, 0.25) is 5.02 Å². The van der Waals surface area contributed by atoms with E-state index in [9.17, 15) is 17.6 Å². The maximum atomic E-state index is 13.0. The minimum atomic E-state index is -3.56. The third-order valence-corrected chi connectivity index (χ3v) is 6.18. The first-order valence-corrected chi connectivity index (χ1v) is 10.8. The lowest BCUT2D eigenvalue weighted by atomic mass is 10.2. The van der Waals surface area contributed by atoms with Crippen molar-refractivity contribution in [3.05, 3.63) is 64.9 Å². The van der Waals surface area contributed by atoms with Gasteiger partial charge in [0.05, 0.1) is 5.75 Å². The molecule has 0 bridgehead atoms. The van der Waals surface area contributed by atoms with E-state index >= 15 is 0 Å². The van der Waals surface area contributed by atoms with E-state index in [0.29, 0.717) is 36.8 Å². The molecule has 0 saturated carbocycles. The molecule has 0 aromatic heterocycles. The van der Waals surface area contributed by atoms with Gasteiger partial charge in [0.1, 0.15) is 11.6 Å². The Hall–Kier alpha value is -2.12. The van der Waals surface area contributed by atoms with Crippen molar-refractivity contribution >= 4 is 33.0 Å². The number of carbonyl (C=O) groups excluding carboxylic acids is 1. The summed E-state index contributed by atoms with van der Waals surface area (Å²) in [7, 11) is -3.56. The van der Waals surface area contributed by atoms with E-state index in [1.54, 1.807) is 41.3 Å². The van der Waals surface area contributed by atoms with Crippen molar-refractivity contribution in [2.24, 2.45) is 0 Å². The van der Waals surface area contributed by atoms with Crippen molar-refractivity contribution in [3.8, 4) is 0 Å². The molecule has 0 aliphatic carbocycles. The number of piperazine rings is 1. The summed E-state index contributed by atoms with van der Waals surface area (Å²) in [6.45, 7) is 2.03. The monoisotopic (exact) mass is 410 g/mol. The summed E-state index contributed by atoms with van der Waals surface area (Å²) in [6, 6.07) is 12.7. The first-order valence-electron chi connectivity index (χ1n) is 8.55. The van der Waals surface area contributed by atoms with E-state index < -0.39 is 15.6 Å². The third-order valence-electron chi connectivity index (χ3n) is 4.47. The fourth-order valence-corrected chi connectivity index (χ4v) is 4.52. The molecule has 1 fully saturated rings. The van der Waals surface area contributed by atoms with Crippen LogP contribution in [0.15, 0.2) is 48.5 Å². The van der Waals surface area contributed by atoms with Gasteiger partial charge in [-0.1, -0.05) is 23.7 Å². The fourth-order valence-electron chi connectivity index (χ4n) is 3.03. The highest BCUT2D eigenvalue weighted by Crippen LogP contribution is 2.18. The number of sulfone groups is 1. The Kier molecular flexibility index (Phi) is 6.01. The number of amides is 1. The highest BCUT2D eigenvalue weighted by atomic mass is 35.5. The number of benzene rings is 2. The summed E-state index contributed by atoms with van der Waals surface area (Å²) in [5.41, 5.74) is 1.49. The summed E-state index contributed by atoms with van der Waals surface area (Å²) >= 11 is 5.80. The van der Waals surface area contributed by atoms with Crippen LogP contribution in [0.25, 0.3) is 0 Å². The molecule has 5 nitrogen and oxygen atoms in total. The molecule has 8 heteroatoms. The van der Waals surface area contributed by atoms with Crippen molar-refractivity contribution in [2.45, 2.75) is 5.75 Å². The number of hydrogen-bond donors (Lipinski definition) is 0. The summed E-state index contributed by atoms with van der Waals surface area (Å²) in [6.07, 6.45) is 0. The van der Waals surface area contributed by atoms with Crippen LogP contribution in [-0.2, 0) is 20.4 Å². The Bertz CT molecular complexity index is 894. The van der Waals surface area contributed by atoms with E-state index in [4.69, 9.17) is 11.6 Å². The molecular formula is C19H20ClFN2O3S. The second kappa shape index (κ2) is 8.27. The van der Waals surface area contributed by atoms with Gasteiger partial charge in [0.15, 0.2) is 9.84 Å². The van der Waals surface area contributed by atoms with Gasteiger partial charge in [-0.25, -0.2) is 12.8 Å². The molecule has 0 unspecified atom stereocenters. The SMILES string of the molecule is O=C(CS(=O)(=O)Cc1ccc(Cl)cc1)N1CCN(c2ccc(F)cc2)CC1. The molecule has 3 rings (SSSR count). The Morgan fingerprint density at radius 2 is 1.56 bits per heavy atom. The summed E-state index contributed by atoms with van der Waals surface area (Å²) in [4.78, 5) is 16.0. The zero-order chi connectivity index (χ0) is 19.4. The molecule has 0 N–H and O–H groups in total. The lowest BCUT2D eigenvalue weighted by Gasteiger charge is -2.36. The van der Waals surface area contributed by atoms with Gasteiger partial charge in [-0.15, -0.1) is 0 Å². The molecule has 1 amide bonds. The number of carbonyl (C=O) groups is 1. The van der Waals surface area contributed by atoms with Crippen molar-refractivity contribution in [1.29, 1.82) is 0 Å². The molecule has 0 spiro atoms. The quantitative estimate of drug-likeness (QED) is 0.760. The van der Waals surface area contributed by atoms with E-state index in [-0.39, 0.29) is 17.5 Å². The molecule has 1 saturated heterocycles. The summed E-state index contributed by atoms with van der Waals surface area (Å²) in [5, 5.41) is 0.534. The molecule has 1 aliphatic heterocycles. The van der Waals surface area contributed by atoms with Gasteiger partial charge in [0.25, 0.3) is 0 Å². The molecule has 1 aliphatic rings. The molecule has 27 heavy (non-hydrogen) atoms. The molecule has 2 aromatic carbocycles. The summed E-state index contributed by atoms with van der Waals surface area (Å²) in [5.74, 6) is -1.38. The van der Waals surface area contributed by atoms with Crippen LogP contribution in [0.3, 0.4) is 0 Å². The standard InChI is InChI=1S/C19H20ClFN2O3S/c20-16-3-1-15(2-4-16)13-27(25,26)14-19(24)23-11-9-22(10-12-23)18-7-5-17(21)6-8-18/h1-8H,9-14H2. The third kappa shape index (κ3) is 5.43. The van der Waals surface area contributed by atoms with Crippen molar-refractivity contribution < 1.29 is 17.6 Å². The Labute approximate surface area is 163 Å². The maximum absolute atomic E-state index is 13.0. The summed E-state index contributed by atoms with van der Waals surface area (Å²) < 4.78 is 37.7. The Balaban J connectivity index is 1.54. The van der Waals surface area contributed by atoms with Gasteiger partial charge >= 0.3 is 0 Å². The van der Waals surface area contributed by atoms with E-state index in [1.807, 2.05) is 4.90 Å². The lowest BCUT2D eigenvalue weighted by Crippen LogP contribution is -2.50. The highest BCUT2D eigenvalue weighted by molar-refractivity contribution is 7.91. The van der Waals surface area contributed by atoms with Gasteiger partial charge in [-0.3, -0.25) is 4.79 Å². The molecule has 1 heterocycles. The maximum Gasteiger partial charge on any atom is 0.237 e. The predicted molar refractivity (Wildman–Crippen MR) is 104 cm³/mol. The molecular weight excluding hydrogens is 391 g/mol. The van der Waals surface area contributed by atoms with Crippen LogP contribution < -0.4 is 4.90 Å². The average molecular weight is 411 g/mol. The molecule has 0 atom stereocenters. The Morgan fingerprint density at radius 1 is 0.963 bits per heavy atom. The van der Waals surface area contributed by atoms with Crippen LogP contribution >= 0.6 is 11.6 Å². The number of halogens is 2. The highest BCUT2D eigenvalue weighted by Gasteiger charge is 2.25. The van der Waals surface area contributed by atoms with E-state index in [1.165, 1.54) is 12.1 Å². The number of rotatable bonds is 5. The van der Waals surface area contributed by atoms with Crippen LogP contribution in [0.4, 0.5) is 10.1 Å². The van der Waals surface area contributed by atoms with Gasteiger partial charge < -0.3 is 9.80 Å². The van der Waals surface area contributed by atoms with Crippen molar-refractivity contribution in [2.75, 3.05) is 36.8 Å². The second-order valence-electron chi connectivity index (χ2n) is 6.50. The minimum absolute atomic E-state index is 0.189. The largest absolute Gasteiger partial charge is 0.368 e. The van der Waals surface area contributed by atoms with Gasteiger partial charge in [0, 0.05) is 36.9 Å². The second-order valence-corrected chi connectivity index (χ2v) is 9.00. The molecule has 144 valence electrons. The van der Waals surface area contributed by atoms with Gasteiger partial charge in [-0.05, 0) is 42.0 Å². The normalized spacial score (nSPS) is 15.0. The van der Waals surface area contributed by atoms with Crippen LogP contribution in [-0.4, -0.2) is 51.2 Å². The van der Waals surface area contributed by atoms with E-state index in [0.717, 1.165) is 5.69 Å². The first kappa shape index (κ1) is 19.6. The van der Waals surface area contributed by atoms with E-state index in [2.05, 4.69) is 0 Å². The average Bonchev–Trinajstić information content (AvgIpc) is 2.64. The van der Waals surface area contributed by atoms with Crippen LogP contribution in [0.1, 0.15) is 5.56 Å². The Morgan fingerprint density at radius 3 is 2.15 bits per heavy atom. The number of hydrogen-bond acceptors (Lipinski definition) is 4. The van der Waals surface area contributed by atoms with Crippen LogP contribution in [0.5, 0.6) is 0 Å². The smallest absolute Gasteiger partial charge is 0.237 e. The number of nitrogens with zero attached hydrogens (tertiary/aromatic N) is 2. The number of anilines is 1. The van der Waals surface area contributed by atoms with Crippen LogP contribution in [0, 0.1) is 5.82 Å². The fraction of sp³-hybridized carbons (Fsp3) is 0.316. The van der Waals surface area contributed by atoms with Gasteiger partial charge in [-0.2, -0.15) is 0 Å².